The second-order valence-corrected chi connectivity index (χ2v) is 5.63. The van der Waals surface area contributed by atoms with Gasteiger partial charge in [0.15, 0.2) is 0 Å². The average molecular weight is 277 g/mol. The zero-order valence-electron chi connectivity index (χ0n) is 12.2. The van der Waals surface area contributed by atoms with Crippen LogP contribution in [0, 0.1) is 0 Å². The number of likely N-dealkylation sites (N-methyl/N-ethyl adjacent to an activating group) is 1. The Morgan fingerprint density at radius 1 is 1.55 bits per heavy atom. The molecule has 2 rings (SSSR count). The van der Waals surface area contributed by atoms with E-state index in [1.807, 2.05) is 24.5 Å². The lowest BCUT2D eigenvalue weighted by Crippen LogP contribution is -2.47. The summed E-state index contributed by atoms with van der Waals surface area (Å²) in [5, 5.41) is 0. The largest absolute Gasteiger partial charge is 0.468 e. The van der Waals surface area contributed by atoms with E-state index < -0.39 is 5.54 Å². The summed E-state index contributed by atoms with van der Waals surface area (Å²) < 4.78 is 4.81. The van der Waals surface area contributed by atoms with Gasteiger partial charge < -0.3 is 15.4 Å². The number of nitrogens with zero attached hydrogens (tertiary/aromatic N) is 2. The van der Waals surface area contributed by atoms with Crippen LogP contribution in [-0.2, 0) is 16.0 Å². The maximum absolute atomic E-state index is 11.7. The van der Waals surface area contributed by atoms with Gasteiger partial charge in [-0.2, -0.15) is 0 Å². The van der Waals surface area contributed by atoms with Gasteiger partial charge in [0.05, 0.1) is 7.11 Å². The summed E-state index contributed by atoms with van der Waals surface area (Å²) in [4.78, 5) is 18.0. The molecule has 110 valence electrons. The topological polar surface area (TPSA) is 68.5 Å². The third-order valence-corrected chi connectivity index (χ3v) is 4.24. The minimum atomic E-state index is -0.801. The summed E-state index contributed by atoms with van der Waals surface area (Å²) in [7, 11) is 3.49. The van der Waals surface area contributed by atoms with Crippen LogP contribution in [0.1, 0.15) is 24.8 Å². The molecule has 2 unspecified atom stereocenters. The molecule has 2 N–H and O–H groups in total. The molecule has 0 saturated heterocycles. The fourth-order valence-electron chi connectivity index (χ4n) is 2.85. The van der Waals surface area contributed by atoms with Gasteiger partial charge in [-0.05, 0) is 50.4 Å². The number of rotatable bonds is 5. The van der Waals surface area contributed by atoms with E-state index in [1.54, 1.807) is 0 Å². The van der Waals surface area contributed by atoms with Crippen LogP contribution in [-0.4, -0.2) is 48.1 Å². The quantitative estimate of drug-likeness (QED) is 0.813. The Kier molecular flexibility index (Phi) is 4.73. The van der Waals surface area contributed by atoms with Gasteiger partial charge in [0.25, 0.3) is 0 Å². The summed E-state index contributed by atoms with van der Waals surface area (Å²) in [5.74, 6) is -0.289. The SMILES string of the molecule is COC(=O)C1(N)CCC(N(C)CCc2ccncc2)C1. The van der Waals surface area contributed by atoms with Gasteiger partial charge in [-0.15, -0.1) is 0 Å². The Labute approximate surface area is 120 Å². The number of hydrogen-bond donors (Lipinski definition) is 1. The fraction of sp³-hybridized carbons (Fsp3) is 0.600. The predicted molar refractivity (Wildman–Crippen MR) is 77.1 cm³/mol. The summed E-state index contributed by atoms with van der Waals surface area (Å²) in [6.45, 7) is 0.950. The molecule has 0 amide bonds. The first-order valence-electron chi connectivity index (χ1n) is 7.01. The Hall–Kier alpha value is -1.46. The summed E-state index contributed by atoms with van der Waals surface area (Å²) in [6, 6.07) is 4.41. The number of carbonyl (C=O) groups excluding carboxylic acids is 1. The Balaban J connectivity index is 1.85. The van der Waals surface area contributed by atoms with Gasteiger partial charge in [0.2, 0.25) is 0 Å². The van der Waals surface area contributed by atoms with E-state index in [-0.39, 0.29) is 5.97 Å². The molecule has 2 atom stereocenters. The molecule has 20 heavy (non-hydrogen) atoms. The zero-order chi connectivity index (χ0) is 14.6. The molecule has 1 heterocycles. The molecule has 5 nitrogen and oxygen atoms in total. The van der Waals surface area contributed by atoms with E-state index in [0.717, 1.165) is 19.4 Å². The standard InChI is InChI=1S/C15H23N3O2/c1-18(10-6-12-4-8-17-9-5-12)13-3-7-15(16,11-13)14(19)20-2/h4-5,8-9,13H,3,6-7,10-11,16H2,1-2H3. The van der Waals surface area contributed by atoms with E-state index in [4.69, 9.17) is 10.5 Å². The molecule has 0 bridgehead atoms. The summed E-state index contributed by atoms with van der Waals surface area (Å²) in [5.41, 5.74) is 6.61. The predicted octanol–water partition coefficient (Wildman–Crippen LogP) is 0.979. The van der Waals surface area contributed by atoms with Gasteiger partial charge in [-0.25, -0.2) is 0 Å². The molecular formula is C15H23N3O2. The van der Waals surface area contributed by atoms with Crippen molar-refractivity contribution < 1.29 is 9.53 Å². The van der Waals surface area contributed by atoms with Crippen LogP contribution in [0.2, 0.25) is 0 Å². The number of pyridine rings is 1. The van der Waals surface area contributed by atoms with Gasteiger partial charge >= 0.3 is 5.97 Å². The van der Waals surface area contributed by atoms with Crippen LogP contribution in [0.15, 0.2) is 24.5 Å². The van der Waals surface area contributed by atoms with Gasteiger partial charge in [0.1, 0.15) is 5.54 Å². The minimum absolute atomic E-state index is 0.289. The minimum Gasteiger partial charge on any atom is -0.468 e. The van der Waals surface area contributed by atoms with Gasteiger partial charge in [-0.3, -0.25) is 9.78 Å². The number of hydrogen-bond acceptors (Lipinski definition) is 5. The molecule has 1 fully saturated rings. The van der Waals surface area contributed by atoms with E-state index in [2.05, 4.69) is 16.9 Å². The highest BCUT2D eigenvalue weighted by Gasteiger charge is 2.43. The molecule has 0 aliphatic heterocycles. The number of ether oxygens (including phenoxy) is 1. The number of carbonyl (C=O) groups is 1. The van der Waals surface area contributed by atoms with Crippen molar-refractivity contribution in [2.45, 2.75) is 37.3 Å². The van der Waals surface area contributed by atoms with Crippen molar-refractivity contribution in [3.63, 3.8) is 0 Å². The molecule has 0 radical (unpaired) electrons. The van der Waals surface area contributed by atoms with Crippen LogP contribution in [0.25, 0.3) is 0 Å². The lowest BCUT2D eigenvalue weighted by molar-refractivity contribution is -0.146. The lowest BCUT2D eigenvalue weighted by Gasteiger charge is -2.26. The highest BCUT2D eigenvalue weighted by molar-refractivity contribution is 5.81. The molecule has 1 aromatic rings. The van der Waals surface area contributed by atoms with Crippen LogP contribution < -0.4 is 5.73 Å². The molecular weight excluding hydrogens is 254 g/mol. The molecule has 1 aliphatic carbocycles. The lowest BCUT2D eigenvalue weighted by atomic mass is 9.99. The van der Waals surface area contributed by atoms with Crippen molar-refractivity contribution in [1.82, 2.24) is 9.88 Å². The van der Waals surface area contributed by atoms with Gasteiger partial charge in [-0.1, -0.05) is 0 Å². The second-order valence-electron chi connectivity index (χ2n) is 5.63. The second kappa shape index (κ2) is 6.33. The Morgan fingerprint density at radius 3 is 2.90 bits per heavy atom. The Morgan fingerprint density at radius 2 is 2.25 bits per heavy atom. The van der Waals surface area contributed by atoms with Crippen LogP contribution in [0.4, 0.5) is 0 Å². The number of methoxy groups -OCH3 is 1. The first-order valence-corrected chi connectivity index (χ1v) is 7.01. The highest BCUT2D eigenvalue weighted by Crippen LogP contribution is 2.31. The highest BCUT2D eigenvalue weighted by atomic mass is 16.5. The van der Waals surface area contributed by atoms with E-state index in [1.165, 1.54) is 12.7 Å². The van der Waals surface area contributed by atoms with Crippen molar-refractivity contribution >= 4 is 5.97 Å². The van der Waals surface area contributed by atoms with Crippen molar-refractivity contribution in [1.29, 1.82) is 0 Å². The van der Waals surface area contributed by atoms with E-state index >= 15 is 0 Å². The molecule has 0 aromatic carbocycles. The zero-order valence-corrected chi connectivity index (χ0v) is 12.2. The number of nitrogens with two attached hydrogens (primary N) is 1. The van der Waals surface area contributed by atoms with Crippen molar-refractivity contribution in [3.05, 3.63) is 30.1 Å². The van der Waals surface area contributed by atoms with Gasteiger partial charge in [0, 0.05) is 25.0 Å². The number of aromatic nitrogens is 1. The summed E-state index contributed by atoms with van der Waals surface area (Å²) in [6.07, 6.45) is 6.92. The molecule has 5 heteroatoms. The fourth-order valence-corrected chi connectivity index (χ4v) is 2.85. The first kappa shape index (κ1) is 14.9. The van der Waals surface area contributed by atoms with Crippen LogP contribution in [0.5, 0.6) is 0 Å². The molecule has 1 saturated carbocycles. The van der Waals surface area contributed by atoms with E-state index in [0.29, 0.717) is 18.9 Å². The van der Waals surface area contributed by atoms with Crippen LogP contribution >= 0.6 is 0 Å². The smallest absolute Gasteiger partial charge is 0.325 e. The third-order valence-electron chi connectivity index (χ3n) is 4.24. The van der Waals surface area contributed by atoms with Crippen LogP contribution in [0.3, 0.4) is 0 Å². The normalized spacial score (nSPS) is 25.9. The van der Waals surface area contributed by atoms with Crippen molar-refractivity contribution in [2.75, 3.05) is 20.7 Å². The Bertz CT molecular complexity index is 452. The third kappa shape index (κ3) is 3.35. The molecule has 1 aliphatic rings. The monoisotopic (exact) mass is 277 g/mol. The van der Waals surface area contributed by atoms with Crippen molar-refractivity contribution in [2.24, 2.45) is 5.73 Å². The maximum atomic E-state index is 11.7. The molecule has 1 aromatic heterocycles. The first-order chi connectivity index (χ1) is 9.55. The average Bonchev–Trinajstić information content (AvgIpc) is 2.89. The van der Waals surface area contributed by atoms with E-state index in [9.17, 15) is 4.79 Å². The van der Waals surface area contributed by atoms with Crippen molar-refractivity contribution in [3.8, 4) is 0 Å². The number of esters is 1. The maximum Gasteiger partial charge on any atom is 0.325 e. The summed E-state index contributed by atoms with van der Waals surface area (Å²) >= 11 is 0. The molecule has 0 spiro atoms.